The summed E-state index contributed by atoms with van der Waals surface area (Å²) in [7, 11) is 1.45. The number of nitrogens with zero attached hydrogens (tertiary/aromatic N) is 3. The zero-order valence-corrected chi connectivity index (χ0v) is 21.6. The number of rotatable bonds is 7. The Bertz CT molecular complexity index is 1310. The van der Waals surface area contributed by atoms with Crippen molar-refractivity contribution in [2.24, 2.45) is 5.41 Å². The third kappa shape index (κ3) is 6.03. The van der Waals surface area contributed by atoms with Crippen LogP contribution < -0.4 is 10.6 Å². The van der Waals surface area contributed by atoms with Gasteiger partial charge in [0.15, 0.2) is 0 Å². The number of aromatic nitrogens is 1. The number of carbonyl (C=O) groups is 2. The molecule has 2 heterocycles. The molecule has 0 aliphatic carbocycles. The van der Waals surface area contributed by atoms with Crippen LogP contribution in [0.4, 0.5) is 10.5 Å². The number of hydrogen-bond donors (Lipinski definition) is 3. The fourth-order valence-electron chi connectivity index (χ4n) is 3.99. The summed E-state index contributed by atoms with van der Waals surface area (Å²) in [6, 6.07) is 22.7. The van der Waals surface area contributed by atoms with Crippen molar-refractivity contribution in [2.75, 3.05) is 18.9 Å². The van der Waals surface area contributed by atoms with Gasteiger partial charge in [0.1, 0.15) is 17.2 Å². The van der Waals surface area contributed by atoms with Crippen LogP contribution in [-0.4, -0.2) is 46.2 Å². The molecule has 1 fully saturated rings. The molecular formula is C29H32N6O2. The molecule has 8 nitrogen and oxygen atoms in total. The van der Waals surface area contributed by atoms with Crippen LogP contribution in [0.2, 0.25) is 0 Å². The molecule has 4 rings (SSSR count). The van der Waals surface area contributed by atoms with E-state index < -0.39 is 11.9 Å². The fourth-order valence-corrected chi connectivity index (χ4v) is 3.99. The Hall–Kier alpha value is -4.46. The van der Waals surface area contributed by atoms with Gasteiger partial charge in [0, 0.05) is 37.6 Å². The average Bonchev–Trinajstić information content (AvgIpc) is 2.89. The van der Waals surface area contributed by atoms with Crippen LogP contribution in [0.15, 0.2) is 90.4 Å². The van der Waals surface area contributed by atoms with Gasteiger partial charge in [0.05, 0.1) is 5.69 Å². The van der Waals surface area contributed by atoms with E-state index in [2.05, 4.69) is 15.6 Å². The molecule has 3 N–H and O–H groups in total. The van der Waals surface area contributed by atoms with Crippen molar-refractivity contribution in [1.29, 1.82) is 5.41 Å². The number of imide groups is 1. The maximum Gasteiger partial charge on any atom is 0.332 e. The highest BCUT2D eigenvalue weighted by Gasteiger charge is 2.41. The zero-order chi connectivity index (χ0) is 26.6. The molecule has 8 heteroatoms. The van der Waals surface area contributed by atoms with Crippen molar-refractivity contribution in [2.45, 2.75) is 27.3 Å². The van der Waals surface area contributed by atoms with Crippen LogP contribution in [0.1, 0.15) is 26.3 Å². The molecule has 1 saturated heterocycles. The van der Waals surface area contributed by atoms with Crippen LogP contribution >= 0.6 is 0 Å². The highest BCUT2D eigenvalue weighted by atomic mass is 16.2. The van der Waals surface area contributed by atoms with Gasteiger partial charge in [-0.15, -0.1) is 0 Å². The lowest BCUT2D eigenvalue weighted by Crippen LogP contribution is -2.57. The summed E-state index contributed by atoms with van der Waals surface area (Å²) in [4.78, 5) is 33.0. The van der Waals surface area contributed by atoms with Crippen molar-refractivity contribution < 1.29 is 9.59 Å². The molecule has 0 spiro atoms. The number of likely N-dealkylation sites (N-methyl/N-ethyl adjacent to an activating group) is 1. The number of carbonyl (C=O) groups excluding carboxylic acids is 2. The summed E-state index contributed by atoms with van der Waals surface area (Å²) in [6.07, 6.45) is 1.76. The summed E-state index contributed by atoms with van der Waals surface area (Å²) >= 11 is 0. The summed E-state index contributed by atoms with van der Waals surface area (Å²) < 4.78 is 0. The van der Waals surface area contributed by atoms with E-state index in [1.54, 1.807) is 6.20 Å². The second-order valence-electron chi connectivity index (χ2n) is 10.1. The predicted octanol–water partition coefficient (Wildman–Crippen LogP) is 5.08. The molecule has 190 valence electrons. The smallest absolute Gasteiger partial charge is 0.332 e. The summed E-state index contributed by atoms with van der Waals surface area (Å²) in [6.45, 7) is 6.67. The van der Waals surface area contributed by atoms with Crippen molar-refractivity contribution in [3.05, 3.63) is 96.0 Å². The second-order valence-corrected chi connectivity index (χ2v) is 10.1. The molecule has 0 atom stereocenters. The number of benzene rings is 2. The molecule has 2 aromatic carbocycles. The second kappa shape index (κ2) is 10.7. The normalized spacial score (nSPS) is 15.6. The van der Waals surface area contributed by atoms with E-state index in [0.29, 0.717) is 18.9 Å². The Kier molecular flexibility index (Phi) is 7.38. The minimum absolute atomic E-state index is 0.111. The maximum absolute atomic E-state index is 13.3. The fraction of sp³-hybridized carbons (Fsp3) is 0.241. The Labute approximate surface area is 217 Å². The minimum atomic E-state index is -0.531. The lowest BCUT2D eigenvalue weighted by molar-refractivity contribution is -0.123. The Balaban J connectivity index is 1.66. The summed E-state index contributed by atoms with van der Waals surface area (Å²) in [5, 5.41) is 15.4. The SMILES string of the molecule is CN1C(=O)/C(=C(/NCc2ccc(-c3ccccn3)cc2)Nc2ccccc2)C(=N)N(CC(C)(C)C)C1=O. The molecular weight excluding hydrogens is 464 g/mol. The van der Waals surface area contributed by atoms with E-state index in [9.17, 15) is 9.59 Å². The van der Waals surface area contributed by atoms with Crippen LogP contribution in [0.3, 0.4) is 0 Å². The first kappa shape index (κ1) is 25.6. The topological polar surface area (TPSA) is 101 Å². The van der Waals surface area contributed by atoms with Gasteiger partial charge in [0.2, 0.25) is 0 Å². The zero-order valence-electron chi connectivity index (χ0n) is 21.6. The number of nitrogens with one attached hydrogen (secondary N) is 3. The molecule has 1 aromatic heterocycles. The van der Waals surface area contributed by atoms with Crippen LogP contribution in [0.5, 0.6) is 0 Å². The third-order valence-corrected chi connectivity index (χ3v) is 5.85. The van der Waals surface area contributed by atoms with Gasteiger partial charge in [-0.1, -0.05) is 69.3 Å². The number of para-hydroxylation sites is 1. The Morgan fingerprint density at radius 2 is 1.62 bits per heavy atom. The van der Waals surface area contributed by atoms with Crippen LogP contribution in [-0.2, 0) is 11.3 Å². The van der Waals surface area contributed by atoms with E-state index in [1.807, 2.05) is 93.6 Å². The maximum atomic E-state index is 13.3. The largest absolute Gasteiger partial charge is 0.367 e. The number of pyridine rings is 1. The van der Waals surface area contributed by atoms with E-state index >= 15 is 0 Å². The number of amides is 3. The molecule has 1 aliphatic heterocycles. The Morgan fingerprint density at radius 1 is 0.946 bits per heavy atom. The monoisotopic (exact) mass is 496 g/mol. The van der Waals surface area contributed by atoms with Gasteiger partial charge < -0.3 is 10.6 Å². The predicted molar refractivity (Wildman–Crippen MR) is 146 cm³/mol. The van der Waals surface area contributed by atoms with Gasteiger partial charge in [-0.2, -0.15) is 0 Å². The highest BCUT2D eigenvalue weighted by Crippen LogP contribution is 2.25. The molecule has 37 heavy (non-hydrogen) atoms. The van der Waals surface area contributed by atoms with E-state index in [4.69, 9.17) is 5.41 Å². The van der Waals surface area contributed by atoms with Gasteiger partial charge >= 0.3 is 6.03 Å². The van der Waals surface area contributed by atoms with Gasteiger partial charge in [-0.25, -0.2) is 4.79 Å². The van der Waals surface area contributed by atoms with E-state index in [-0.39, 0.29) is 16.8 Å². The van der Waals surface area contributed by atoms with Gasteiger partial charge in [-0.3, -0.25) is 25.0 Å². The minimum Gasteiger partial charge on any atom is -0.367 e. The van der Waals surface area contributed by atoms with Crippen molar-refractivity contribution >= 4 is 23.5 Å². The first-order valence-electron chi connectivity index (χ1n) is 12.1. The number of anilines is 1. The lowest BCUT2D eigenvalue weighted by atomic mass is 9.95. The van der Waals surface area contributed by atoms with Crippen molar-refractivity contribution in [3.8, 4) is 11.3 Å². The number of hydrogen-bond acceptors (Lipinski definition) is 6. The third-order valence-electron chi connectivity index (χ3n) is 5.85. The Morgan fingerprint density at radius 3 is 2.24 bits per heavy atom. The quantitative estimate of drug-likeness (QED) is 0.396. The first-order chi connectivity index (χ1) is 17.6. The van der Waals surface area contributed by atoms with E-state index in [0.717, 1.165) is 27.4 Å². The summed E-state index contributed by atoms with van der Waals surface area (Å²) in [5.74, 6) is -0.288. The summed E-state index contributed by atoms with van der Waals surface area (Å²) in [5.41, 5.74) is 3.49. The molecule has 0 radical (unpaired) electrons. The molecule has 3 aromatic rings. The lowest BCUT2D eigenvalue weighted by Gasteiger charge is -2.38. The van der Waals surface area contributed by atoms with Crippen molar-refractivity contribution in [3.63, 3.8) is 0 Å². The van der Waals surface area contributed by atoms with Crippen molar-refractivity contribution in [1.82, 2.24) is 20.1 Å². The molecule has 1 aliphatic rings. The highest BCUT2D eigenvalue weighted by molar-refractivity contribution is 6.30. The number of urea groups is 1. The van der Waals surface area contributed by atoms with Crippen LogP contribution in [0, 0.1) is 10.8 Å². The van der Waals surface area contributed by atoms with E-state index in [1.165, 1.54) is 11.9 Å². The first-order valence-corrected chi connectivity index (χ1v) is 12.1. The molecule has 3 amide bonds. The molecule has 0 saturated carbocycles. The number of amidine groups is 1. The van der Waals surface area contributed by atoms with Crippen LogP contribution in [0.25, 0.3) is 11.3 Å². The van der Waals surface area contributed by atoms with Gasteiger partial charge in [0.25, 0.3) is 5.91 Å². The van der Waals surface area contributed by atoms with Gasteiger partial charge in [-0.05, 0) is 35.2 Å². The average molecular weight is 497 g/mol. The molecule has 0 bridgehead atoms. The standard InChI is InChI=1S/C29H32N6O2/c1-29(2,3)19-35-25(30)24(27(36)34(4)28(35)37)26(33-22-10-6-5-7-11-22)32-18-20-13-15-21(16-14-20)23-12-8-9-17-31-23/h5-17,30,32-33H,18-19H2,1-4H3/b26-24-,30-25?. The molecule has 0 unspecified atom stereocenters.